The van der Waals surface area contributed by atoms with Gasteiger partial charge in [-0.1, -0.05) is 6.07 Å². The topological polar surface area (TPSA) is 62.3 Å². The molecule has 5 heteroatoms. The number of nitrogens with one attached hydrogen (secondary N) is 1. The van der Waals surface area contributed by atoms with E-state index in [4.69, 9.17) is 0 Å². The molecule has 1 unspecified atom stereocenters. The van der Waals surface area contributed by atoms with Crippen molar-refractivity contribution in [3.8, 4) is 0 Å². The third-order valence-electron chi connectivity index (χ3n) is 3.84. The maximum atomic E-state index is 11.8. The van der Waals surface area contributed by atoms with Crippen LogP contribution in [0.4, 0.5) is 5.82 Å². The number of aromatic nitrogens is 1. The van der Waals surface area contributed by atoms with E-state index in [2.05, 4.69) is 15.2 Å². The van der Waals surface area contributed by atoms with Gasteiger partial charge < -0.3 is 4.90 Å². The van der Waals surface area contributed by atoms with Gasteiger partial charge in [-0.15, -0.1) is 0 Å². The molecule has 2 fully saturated rings. The number of pyridine rings is 1. The van der Waals surface area contributed by atoms with Crippen LogP contribution in [0.2, 0.25) is 0 Å². The molecule has 0 spiro atoms. The van der Waals surface area contributed by atoms with Crippen molar-refractivity contribution in [2.24, 2.45) is 0 Å². The van der Waals surface area contributed by atoms with Crippen LogP contribution < -0.4 is 10.2 Å². The molecule has 0 bridgehead atoms. The number of carbonyl (C=O) groups excluding carboxylic acids is 2. The quantitative estimate of drug-likeness (QED) is 0.811. The Hall–Kier alpha value is -1.91. The van der Waals surface area contributed by atoms with Crippen LogP contribution in [0.1, 0.15) is 37.2 Å². The molecule has 1 aromatic rings. The molecule has 2 saturated heterocycles. The van der Waals surface area contributed by atoms with E-state index in [9.17, 15) is 9.59 Å². The molecular formula is C14H17N3O2. The zero-order valence-corrected chi connectivity index (χ0v) is 10.8. The van der Waals surface area contributed by atoms with Gasteiger partial charge in [0.25, 0.3) is 0 Å². The fraction of sp³-hybridized carbons (Fsp3) is 0.500. The molecule has 2 aliphatic rings. The van der Waals surface area contributed by atoms with E-state index in [1.807, 2.05) is 12.1 Å². The van der Waals surface area contributed by atoms with Gasteiger partial charge in [0.1, 0.15) is 5.82 Å². The summed E-state index contributed by atoms with van der Waals surface area (Å²) >= 11 is 0. The zero-order valence-electron chi connectivity index (χ0n) is 10.8. The number of hydrogen-bond donors (Lipinski definition) is 1. The van der Waals surface area contributed by atoms with Crippen LogP contribution >= 0.6 is 0 Å². The molecule has 1 aromatic heterocycles. The molecule has 19 heavy (non-hydrogen) atoms. The van der Waals surface area contributed by atoms with E-state index in [0.29, 0.717) is 12.8 Å². The summed E-state index contributed by atoms with van der Waals surface area (Å²) in [4.78, 5) is 29.6. The number of imide groups is 1. The maximum Gasteiger partial charge on any atom is 0.234 e. The van der Waals surface area contributed by atoms with Crippen molar-refractivity contribution in [1.82, 2.24) is 10.3 Å². The Morgan fingerprint density at radius 1 is 1.21 bits per heavy atom. The van der Waals surface area contributed by atoms with Crippen molar-refractivity contribution in [1.29, 1.82) is 0 Å². The number of anilines is 1. The molecule has 0 radical (unpaired) electrons. The van der Waals surface area contributed by atoms with Crippen molar-refractivity contribution < 1.29 is 9.59 Å². The zero-order chi connectivity index (χ0) is 13.2. The van der Waals surface area contributed by atoms with Gasteiger partial charge in [0.2, 0.25) is 11.8 Å². The van der Waals surface area contributed by atoms with Gasteiger partial charge in [0.05, 0.1) is 5.92 Å². The maximum absolute atomic E-state index is 11.8. The molecule has 100 valence electrons. The van der Waals surface area contributed by atoms with Gasteiger partial charge in [-0.05, 0) is 30.9 Å². The van der Waals surface area contributed by atoms with Crippen LogP contribution in [0.25, 0.3) is 0 Å². The smallest absolute Gasteiger partial charge is 0.234 e. The molecule has 2 aliphatic heterocycles. The van der Waals surface area contributed by atoms with E-state index >= 15 is 0 Å². The highest BCUT2D eigenvalue weighted by molar-refractivity contribution is 6.00. The van der Waals surface area contributed by atoms with Crippen LogP contribution in [0, 0.1) is 0 Å². The molecule has 3 rings (SSSR count). The van der Waals surface area contributed by atoms with Gasteiger partial charge in [0, 0.05) is 25.7 Å². The minimum absolute atomic E-state index is 0.178. The molecular weight excluding hydrogens is 242 g/mol. The highest BCUT2D eigenvalue weighted by Crippen LogP contribution is 2.26. The number of piperidine rings is 1. The first kappa shape index (κ1) is 12.1. The summed E-state index contributed by atoms with van der Waals surface area (Å²) in [6.45, 7) is 2.12. The standard InChI is InChI=1S/C14H17N3O2/c18-13-6-4-11(14(19)16-13)10-3-5-12(15-9-10)17-7-1-2-8-17/h3,5,9,11H,1-2,4,6-8H2,(H,16,18,19). The third kappa shape index (κ3) is 2.45. The lowest BCUT2D eigenvalue weighted by molar-refractivity contribution is -0.134. The second-order valence-corrected chi connectivity index (χ2v) is 5.15. The number of rotatable bonds is 2. The highest BCUT2D eigenvalue weighted by Gasteiger charge is 2.28. The molecule has 0 aliphatic carbocycles. The van der Waals surface area contributed by atoms with Gasteiger partial charge in [-0.3, -0.25) is 14.9 Å². The molecule has 0 saturated carbocycles. The first-order valence-electron chi connectivity index (χ1n) is 6.78. The molecule has 5 nitrogen and oxygen atoms in total. The number of amides is 2. The molecule has 1 atom stereocenters. The predicted molar refractivity (Wildman–Crippen MR) is 70.8 cm³/mol. The predicted octanol–water partition coefficient (Wildman–Crippen LogP) is 1.20. The van der Waals surface area contributed by atoms with Crippen LogP contribution in [0.3, 0.4) is 0 Å². The summed E-state index contributed by atoms with van der Waals surface area (Å²) in [6.07, 6.45) is 5.19. The second kappa shape index (κ2) is 4.99. The minimum Gasteiger partial charge on any atom is -0.357 e. The van der Waals surface area contributed by atoms with Crippen molar-refractivity contribution in [3.05, 3.63) is 23.9 Å². The average molecular weight is 259 g/mol. The lowest BCUT2D eigenvalue weighted by Crippen LogP contribution is -2.39. The van der Waals surface area contributed by atoms with Crippen LogP contribution in [-0.2, 0) is 9.59 Å². The highest BCUT2D eigenvalue weighted by atomic mass is 16.2. The summed E-state index contributed by atoms with van der Waals surface area (Å²) in [5.41, 5.74) is 0.896. The van der Waals surface area contributed by atoms with E-state index < -0.39 is 0 Å². The SMILES string of the molecule is O=C1CCC(c2ccc(N3CCCC3)nc2)C(=O)N1. The first-order valence-corrected chi connectivity index (χ1v) is 6.78. The fourth-order valence-electron chi connectivity index (χ4n) is 2.75. The largest absolute Gasteiger partial charge is 0.357 e. The monoisotopic (exact) mass is 259 g/mol. The Morgan fingerprint density at radius 2 is 2.00 bits per heavy atom. The third-order valence-corrected chi connectivity index (χ3v) is 3.84. The Kier molecular flexibility index (Phi) is 3.19. The van der Waals surface area contributed by atoms with Crippen LogP contribution in [0.5, 0.6) is 0 Å². The van der Waals surface area contributed by atoms with Gasteiger partial charge in [-0.2, -0.15) is 0 Å². The lowest BCUT2D eigenvalue weighted by atomic mass is 9.92. The first-order chi connectivity index (χ1) is 9.24. The van der Waals surface area contributed by atoms with Crippen LogP contribution in [0.15, 0.2) is 18.3 Å². The van der Waals surface area contributed by atoms with Gasteiger partial charge in [0.15, 0.2) is 0 Å². The normalized spacial score (nSPS) is 23.6. The lowest BCUT2D eigenvalue weighted by Gasteiger charge is -2.22. The van der Waals surface area contributed by atoms with Crippen molar-refractivity contribution in [2.45, 2.75) is 31.6 Å². The van der Waals surface area contributed by atoms with E-state index in [-0.39, 0.29) is 17.7 Å². The van der Waals surface area contributed by atoms with Crippen LogP contribution in [-0.4, -0.2) is 29.9 Å². The van der Waals surface area contributed by atoms with Crippen molar-refractivity contribution in [3.63, 3.8) is 0 Å². The Balaban J connectivity index is 1.75. The van der Waals surface area contributed by atoms with Crippen molar-refractivity contribution in [2.75, 3.05) is 18.0 Å². The number of hydrogen-bond acceptors (Lipinski definition) is 4. The summed E-state index contributed by atoms with van der Waals surface area (Å²) in [7, 11) is 0. The van der Waals surface area contributed by atoms with Gasteiger partial charge >= 0.3 is 0 Å². The molecule has 3 heterocycles. The van der Waals surface area contributed by atoms with E-state index in [0.717, 1.165) is 24.5 Å². The summed E-state index contributed by atoms with van der Waals surface area (Å²) < 4.78 is 0. The summed E-state index contributed by atoms with van der Waals surface area (Å²) in [5, 5.41) is 2.38. The minimum atomic E-state index is -0.238. The van der Waals surface area contributed by atoms with Crippen molar-refractivity contribution >= 4 is 17.6 Å². The summed E-state index contributed by atoms with van der Waals surface area (Å²) in [5.74, 6) is 0.362. The van der Waals surface area contributed by atoms with E-state index in [1.165, 1.54) is 12.8 Å². The Bertz CT molecular complexity index is 492. The summed E-state index contributed by atoms with van der Waals surface area (Å²) in [6, 6.07) is 3.94. The Morgan fingerprint density at radius 3 is 2.63 bits per heavy atom. The number of nitrogens with zero attached hydrogens (tertiary/aromatic N) is 2. The fourth-order valence-corrected chi connectivity index (χ4v) is 2.75. The van der Waals surface area contributed by atoms with Gasteiger partial charge in [-0.25, -0.2) is 4.98 Å². The Labute approximate surface area is 112 Å². The number of carbonyl (C=O) groups is 2. The molecule has 0 aromatic carbocycles. The molecule has 2 amide bonds. The molecule has 1 N–H and O–H groups in total. The average Bonchev–Trinajstić information content (AvgIpc) is 2.93. The van der Waals surface area contributed by atoms with E-state index in [1.54, 1.807) is 6.20 Å². The second-order valence-electron chi connectivity index (χ2n) is 5.15.